The smallest absolute Gasteiger partial charge is 0.269 e. The molecule has 2 amide bonds. The number of benzene rings is 1. The van der Waals surface area contributed by atoms with Gasteiger partial charge in [0.25, 0.3) is 5.91 Å². The number of carbonyl (C=O) groups excluding carboxylic acids is 2. The van der Waals surface area contributed by atoms with E-state index in [0.717, 1.165) is 34.5 Å². The summed E-state index contributed by atoms with van der Waals surface area (Å²) in [4.78, 5) is 31.7. The quantitative estimate of drug-likeness (QED) is 0.571. The molecule has 176 valence electrons. The van der Waals surface area contributed by atoms with Crippen LogP contribution in [0.3, 0.4) is 0 Å². The summed E-state index contributed by atoms with van der Waals surface area (Å²) in [5.41, 5.74) is 6.00. The van der Waals surface area contributed by atoms with E-state index in [1.165, 1.54) is 18.2 Å². The molecule has 0 fully saturated rings. The third-order valence-electron chi connectivity index (χ3n) is 6.13. The zero-order valence-corrected chi connectivity index (χ0v) is 19.6. The zero-order chi connectivity index (χ0) is 24.2. The highest BCUT2D eigenvalue weighted by Crippen LogP contribution is 2.24. The third-order valence-corrected chi connectivity index (χ3v) is 6.13. The number of pyridine rings is 1. The first-order valence-corrected chi connectivity index (χ1v) is 11.4. The third kappa shape index (κ3) is 5.06. The number of nitrogens with one attached hydrogen (secondary N) is 1. The Bertz CT molecular complexity index is 1260. The van der Waals surface area contributed by atoms with Gasteiger partial charge in [-0.25, -0.2) is 4.39 Å². The van der Waals surface area contributed by atoms with Crippen LogP contribution in [0.1, 0.15) is 51.1 Å². The average molecular weight is 462 g/mol. The number of amides is 2. The van der Waals surface area contributed by atoms with Gasteiger partial charge in [0.05, 0.1) is 5.69 Å². The van der Waals surface area contributed by atoms with Crippen LogP contribution in [-0.2, 0) is 37.8 Å². The fourth-order valence-electron chi connectivity index (χ4n) is 4.20. The highest BCUT2D eigenvalue weighted by Gasteiger charge is 2.23. The Labute approximate surface area is 198 Å². The van der Waals surface area contributed by atoms with Gasteiger partial charge < -0.3 is 10.2 Å². The largest absolute Gasteiger partial charge is 0.347 e. The Balaban J connectivity index is 1.45. The van der Waals surface area contributed by atoms with E-state index in [0.29, 0.717) is 37.3 Å². The molecule has 1 aliphatic heterocycles. The highest BCUT2D eigenvalue weighted by molar-refractivity contribution is 5.93. The SMILES string of the molecule is CCc1cc(C(=O)NCc2c(C)ncc3c2CCN(C(=O)/C=C/c2cccc(F)c2)C3)n(C)n1. The summed E-state index contributed by atoms with van der Waals surface area (Å²) >= 11 is 0. The number of nitrogens with zero attached hydrogens (tertiary/aromatic N) is 4. The number of aryl methyl sites for hydroxylation is 3. The molecule has 8 heteroatoms. The Morgan fingerprint density at radius 1 is 1.26 bits per heavy atom. The van der Waals surface area contributed by atoms with Crippen LogP contribution in [0.4, 0.5) is 4.39 Å². The van der Waals surface area contributed by atoms with E-state index in [4.69, 9.17) is 0 Å². The van der Waals surface area contributed by atoms with Crippen molar-refractivity contribution in [2.45, 2.75) is 39.8 Å². The van der Waals surface area contributed by atoms with E-state index >= 15 is 0 Å². The van der Waals surface area contributed by atoms with Crippen LogP contribution in [-0.4, -0.2) is 38.0 Å². The standard InChI is InChI=1S/C26H28FN5O2/c1-4-21-13-24(31(3)30-21)26(34)29-15-23-17(2)28-14-19-16-32(11-10-22(19)23)25(33)9-8-18-6-5-7-20(27)12-18/h5-9,12-14H,4,10-11,15-16H2,1-3H3,(H,29,34)/b9-8+. The number of halogens is 1. The maximum absolute atomic E-state index is 13.4. The van der Waals surface area contributed by atoms with Crippen LogP contribution in [0.5, 0.6) is 0 Å². The lowest BCUT2D eigenvalue weighted by Gasteiger charge is -2.30. The average Bonchev–Trinajstić information content (AvgIpc) is 3.22. The van der Waals surface area contributed by atoms with Gasteiger partial charge in [-0.2, -0.15) is 5.10 Å². The minimum Gasteiger partial charge on any atom is -0.347 e. The molecule has 1 N–H and O–H groups in total. The summed E-state index contributed by atoms with van der Waals surface area (Å²) < 4.78 is 15.0. The van der Waals surface area contributed by atoms with Gasteiger partial charge >= 0.3 is 0 Å². The topological polar surface area (TPSA) is 80.1 Å². The van der Waals surface area contributed by atoms with Crippen LogP contribution in [0, 0.1) is 12.7 Å². The van der Waals surface area contributed by atoms with Crippen LogP contribution in [0.15, 0.2) is 42.6 Å². The van der Waals surface area contributed by atoms with Crippen LogP contribution in [0.25, 0.3) is 6.08 Å². The van der Waals surface area contributed by atoms with Crippen molar-refractivity contribution in [3.05, 3.63) is 87.8 Å². The number of aromatic nitrogens is 3. The number of fused-ring (bicyclic) bond motifs is 1. The van der Waals surface area contributed by atoms with Crippen molar-refractivity contribution >= 4 is 17.9 Å². The van der Waals surface area contributed by atoms with Crippen LogP contribution in [0.2, 0.25) is 0 Å². The van der Waals surface area contributed by atoms with Crippen molar-refractivity contribution in [3.63, 3.8) is 0 Å². The van der Waals surface area contributed by atoms with E-state index in [1.54, 1.807) is 41.0 Å². The van der Waals surface area contributed by atoms with Gasteiger partial charge in [-0.15, -0.1) is 0 Å². The molecule has 1 aromatic carbocycles. The minimum absolute atomic E-state index is 0.131. The molecule has 0 atom stereocenters. The van der Waals surface area contributed by atoms with E-state index in [1.807, 2.05) is 19.9 Å². The summed E-state index contributed by atoms with van der Waals surface area (Å²) in [5.74, 6) is -0.646. The van der Waals surface area contributed by atoms with Gasteiger partial charge in [0, 0.05) is 44.6 Å². The van der Waals surface area contributed by atoms with Crippen molar-refractivity contribution in [1.29, 1.82) is 0 Å². The normalized spacial score (nSPS) is 13.2. The zero-order valence-electron chi connectivity index (χ0n) is 19.6. The summed E-state index contributed by atoms with van der Waals surface area (Å²) in [6.07, 6.45) is 6.34. The molecule has 34 heavy (non-hydrogen) atoms. The molecule has 4 rings (SSSR count). The molecule has 0 spiro atoms. The van der Waals surface area contributed by atoms with Crippen LogP contribution < -0.4 is 5.32 Å². The molecule has 0 saturated carbocycles. The first-order valence-electron chi connectivity index (χ1n) is 11.4. The monoisotopic (exact) mass is 461 g/mol. The Hall–Kier alpha value is -3.81. The molecule has 3 aromatic rings. The summed E-state index contributed by atoms with van der Waals surface area (Å²) in [5, 5.41) is 7.34. The number of rotatable bonds is 6. The molecule has 0 saturated heterocycles. The Kier molecular flexibility index (Phi) is 6.86. The maximum atomic E-state index is 13.4. The van der Waals surface area contributed by atoms with Gasteiger partial charge in [-0.05, 0) is 66.3 Å². The Morgan fingerprint density at radius 2 is 2.09 bits per heavy atom. The number of carbonyl (C=O) groups is 2. The Morgan fingerprint density at radius 3 is 2.82 bits per heavy atom. The first-order chi connectivity index (χ1) is 16.4. The molecular weight excluding hydrogens is 433 g/mol. The number of hydrogen-bond acceptors (Lipinski definition) is 4. The molecule has 1 aliphatic rings. The number of hydrogen-bond donors (Lipinski definition) is 1. The summed E-state index contributed by atoms with van der Waals surface area (Å²) in [6, 6.07) is 7.93. The summed E-state index contributed by atoms with van der Waals surface area (Å²) in [7, 11) is 1.76. The van der Waals surface area contributed by atoms with Crippen molar-refractivity contribution in [2.24, 2.45) is 7.05 Å². The van der Waals surface area contributed by atoms with E-state index in [-0.39, 0.29) is 17.6 Å². The fraction of sp³-hybridized carbons (Fsp3) is 0.308. The molecule has 0 radical (unpaired) electrons. The van der Waals surface area contributed by atoms with E-state index in [2.05, 4.69) is 15.4 Å². The second-order valence-corrected chi connectivity index (χ2v) is 8.40. The lowest BCUT2D eigenvalue weighted by molar-refractivity contribution is -0.126. The molecular formula is C26H28FN5O2. The molecule has 0 unspecified atom stereocenters. The molecule has 3 heterocycles. The lowest BCUT2D eigenvalue weighted by Crippen LogP contribution is -2.36. The second-order valence-electron chi connectivity index (χ2n) is 8.40. The predicted octanol–water partition coefficient (Wildman–Crippen LogP) is 3.35. The summed E-state index contributed by atoms with van der Waals surface area (Å²) in [6.45, 7) is 5.30. The van der Waals surface area contributed by atoms with Crippen molar-refractivity contribution in [2.75, 3.05) is 6.54 Å². The molecule has 0 bridgehead atoms. The van der Waals surface area contributed by atoms with Crippen molar-refractivity contribution in [3.8, 4) is 0 Å². The molecule has 0 aliphatic carbocycles. The molecule has 7 nitrogen and oxygen atoms in total. The first kappa shape index (κ1) is 23.4. The van der Waals surface area contributed by atoms with Gasteiger partial charge in [-0.3, -0.25) is 19.3 Å². The molecule has 2 aromatic heterocycles. The van der Waals surface area contributed by atoms with Crippen molar-refractivity contribution < 1.29 is 14.0 Å². The van der Waals surface area contributed by atoms with Gasteiger partial charge in [0.2, 0.25) is 5.91 Å². The van der Waals surface area contributed by atoms with Crippen LogP contribution >= 0.6 is 0 Å². The van der Waals surface area contributed by atoms with Crippen molar-refractivity contribution in [1.82, 2.24) is 25.0 Å². The predicted molar refractivity (Wildman–Crippen MR) is 127 cm³/mol. The maximum Gasteiger partial charge on any atom is 0.269 e. The lowest BCUT2D eigenvalue weighted by atomic mass is 9.94. The minimum atomic E-state index is -0.336. The van der Waals surface area contributed by atoms with E-state index in [9.17, 15) is 14.0 Å². The highest BCUT2D eigenvalue weighted by atomic mass is 19.1. The second kappa shape index (κ2) is 9.99. The fourth-order valence-corrected chi connectivity index (χ4v) is 4.20. The van der Waals surface area contributed by atoms with Gasteiger partial charge in [-0.1, -0.05) is 19.1 Å². The van der Waals surface area contributed by atoms with Gasteiger partial charge in [0.1, 0.15) is 11.5 Å². The van der Waals surface area contributed by atoms with Gasteiger partial charge in [0.15, 0.2) is 0 Å². The van der Waals surface area contributed by atoms with E-state index < -0.39 is 0 Å².